The Labute approximate surface area is 182 Å². The average molecular weight is 424 g/mol. The molecule has 0 aliphatic heterocycles. The predicted octanol–water partition coefficient (Wildman–Crippen LogP) is 5.67. The second kappa shape index (κ2) is 9.47. The van der Waals surface area contributed by atoms with Gasteiger partial charge in [0.25, 0.3) is 0 Å². The van der Waals surface area contributed by atoms with E-state index in [1.54, 1.807) is 0 Å². The van der Waals surface area contributed by atoms with Crippen LogP contribution in [0.1, 0.15) is 46.6 Å². The molecule has 3 aromatic rings. The van der Waals surface area contributed by atoms with Gasteiger partial charge in [-0.25, -0.2) is 0 Å². The summed E-state index contributed by atoms with van der Waals surface area (Å²) in [6.45, 7) is 10.8. The number of benzene rings is 2. The molecule has 30 heavy (non-hydrogen) atoms. The van der Waals surface area contributed by atoms with Crippen LogP contribution in [0.15, 0.2) is 59.8 Å². The number of carbonyl (C=O) groups is 1. The van der Waals surface area contributed by atoms with Gasteiger partial charge >= 0.3 is 5.97 Å². The van der Waals surface area contributed by atoms with Gasteiger partial charge in [-0.2, -0.15) is 0 Å². The highest BCUT2D eigenvalue weighted by molar-refractivity contribution is 8.00. The minimum absolute atomic E-state index is 0.0840. The van der Waals surface area contributed by atoms with Crippen molar-refractivity contribution < 1.29 is 9.53 Å². The number of aromatic nitrogens is 3. The fraction of sp³-hybridized carbons (Fsp3) is 0.375. The molecule has 5 nitrogen and oxygen atoms in total. The molecule has 0 N–H and O–H groups in total. The van der Waals surface area contributed by atoms with E-state index in [-0.39, 0.29) is 16.6 Å². The normalized spacial score (nSPS) is 12.6. The molecule has 0 saturated carbocycles. The molecule has 0 aliphatic rings. The van der Waals surface area contributed by atoms with Gasteiger partial charge in [0.05, 0.1) is 6.61 Å². The maximum Gasteiger partial charge on any atom is 0.319 e. The number of rotatable bonds is 7. The van der Waals surface area contributed by atoms with Gasteiger partial charge < -0.3 is 4.74 Å². The Balaban J connectivity index is 2.04. The number of para-hydroxylation sites is 1. The van der Waals surface area contributed by atoms with Crippen molar-refractivity contribution in [1.29, 1.82) is 0 Å². The molecule has 6 heteroatoms. The first kappa shape index (κ1) is 22.1. The van der Waals surface area contributed by atoms with E-state index < -0.39 is 0 Å². The molecule has 0 radical (unpaired) electrons. The SMILES string of the molecule is CCOC(=O)[C@@H](CC)Sc1nnc(-c2ccc(C(C)(C)C)cc2)n1-c1ccccc1. The van der Waals surface area contributed by atoms with Gasteiger partial charge in [0, 0.05) is 11.3 Å². The van der Waals surface area contributed by atoms with Crippen LogP contribution in [0.2, 0.25) is 0 Å². The highest BCUT2D eigenvalue weighted by Gasteiger charge is 2.25. The highest BCUT2D eigenvalue weighted by atomic mass is 32.2. The molecule has 1 atom stereocenters. The average Bonchev–Trinajstić information content (AvgIpc) is 3.15. The third-order valence-corrected chi connectivity index (χ3v) is 6.11. The van der Waals surface area contributed by atoms with E-state index in [0.717, 1.165) is 17.1 Å². The van der Waals surface area contributed by atoms with Gasteiger partial charge in [-0.1, -0.05) is 81.9 Å². The summed E-state index contributed by atoms with van der Waals surface area (Å²) in [5.74, 6) is 0.534. The van der Waals surface area contributed by atoms with Gasteiger partial charge in [0.2, 0.25) is 0 Å². The summed E-state index contributed by atoms with van der Waals surface area (Å²) in [7, 11) is 0. The van der Waals surface area contributed by atoms with E-state index in [9.17, 15) is 4.79 Å². The van der Waals surface area contributed by atoms with Crippen molar-refractivity contribution >= 4 is 17.7 Å². The highest BCUT2D eigenvalue weighted by Crippen LogP contribution is 2.32. The lowest BCUT2D eigenvalue weighted by Crippen LogP contribution is -2.20. The number of hydrogen-bond donors (Lipinski definition) is 0. The maximum absolute atomic E-state index is 12.3. The molecule has 0 saturated heterocycles. The van der Waals surface area contributed by atoms with E-state index in [0.29, 0.717) is 18.2 Å². The lowest BCUT2D eigenvalue weighted by molar-refractivity contribution is -0.142. The molecule has 0 spiro atoms. The van der Waals surface area contributed by atoms with Crippen molar-refractivity contribution in [2.45, 2.75) is 56.9 Å². The molecule has 0 fully saturated rings. The molecule has 2 aromatic carbocycles. The Morgan fingerprint density at radius 3 is 2.27 bits per heavy atom. The fourth-order valence-corrected chi connectivity index (χ4v) is 4.09. The molecule has 0 aliphatic carbocycles. The third kappa shape index (κ3) is 4.93. The van der Waals surface area contributed by atoms with Gasteiger partial charge in [-0.15, -0.1) is 10.2 Å². The molecular formula is C24H29N3O2S. The van der Waals surface area contributed by atoms with Crippen LogP contribution in [0, 0.1) is 0 Å². The summed E-state index contributed by atoms with van der Waals surface area (Å²) >= 11 is 1.40. The van der Waals surface area contributed by atoms with E-state index in [4.69, 9.17) is 4.74 Å². The van der Waals surface area contributed by atoms with Crippen LogP contribution < -0.4 is 0 Å². The number of carbonyl (C=O) groups excluding carboxylic acids is 1. The number of nitrogens with zero attached hydrogens (tertiary/aromatic N) is 3. The van der Waals surface area contributed by atoms with E-state index >= 15 is 0 Å². The Hall–Kier alpha value is -2.60. The predicted molar refractivity (Wildman–Crippen MR) is 122 cm³/mol. The lowest BCUT2D eigenvalue weighted by atomic mass is 9.87. The molecule has 3 rings (SSSR count). The Kier molecular flexibility index (Phi) is 6.98. The molecule has 1 heterocycles. The summed E-state index contributed by atoms with van der Waals surface area (Å²) in [5.41, 5.74) is 3.29. The Morgan fingerprint density at radius 1 is 1.03 bits per heavy atom. The fourth-order valence-electron chi connectivity index (χ4n) is 3.12. The smallest absolute Gasteiger partial charge is 0.319 e. The molecule has 0 bridgehead atoms. The van der Waals surface area contributed by atoms with Crippen molar-refractivity contribution in [3.63, 3.8) is 0 Å². The van der Waals surface area contributed by atoms with Crippen LogP contribution in [0.25, 0.3) is 17.1 Å². The first-order valence-electron chi connectivity index (χ1n) is 10.3. The number of thioether (sulfide) groups is 1. The molecule has 0 amide bonds. The van der Waals surface area contributed by atoms with E-state index in [1.807, 2.05) is 48.7 Å². The van der Waals surface area contributed by atoms with Crippen molar-refractivity contribution in [2.75, 3.05) is 6.61 Å². The summed E-state index contributed by atoms with van der Waals surface area (Å²) in [4.78, 5) is 12.3. The number of esters is 1. The second-order valence-electron chi connectivity index (χ2n) is 8.07. The molecule has 158 valence electrons. The first-order valence-corrected chi connectivity index (χ1v) is 11.2. The van der Waals surface area contributed by atoms with E-state index in [1.165, 1.54) is 17.3 Å². The quantitative estimate of drug-likeness (QED) is 0.362. The molecule has 1 aromatic heterocycles. The molecule has 0 unspecified atom stereocenters. The third-order valence-electron chi connectivity index (χ3n) is 4.82. The van der Waals surface area contributed by atoms with Gasteiger partial charge in [-0.3, -0.25) is 9.36 Å². The van der Waals surface area contributed by atoms with Crippen LogP contribution in [-0.4, -0.2) is 32.6 Å². The standard InChI is InChI=1S/C24H29N3O2S/c1-6-20(22(28)29-7-2)30-23-26-25-21(27(23)19-11-9-8-10-12-19)17-13-15-18(16-14-17)24(3,4)5/h8-16,20H,6-7H2,1-5H3/t20-/m1/s1. The lowest BCUT2D eigenvalue weighted by Gasteiger charge is -2.19. The van der Waals surface area contributed by atoms with Crippen molar-refractivity contribution in [3.8, 4) is 17.1 Å². The summed E-state index contributed by atoms with van der Waals surface area (Å²) in [5, 5.41) is 9.28. The minimum Gasteiger partial charge on any atom is -0.465 e. The van der Waals surface area contributed by atoms with Crippen LogP contribution in [0.4, 0.5) is 0 Å². The largest absolute Gasteiger partial charge is 0.465 e. The topological polar surface area (TPSA) is 57.0 Å². The first-order chi connectivity index (χ1) is 14.3. The minimum atomic E-state index is -0.326. The van der Waals surface area contributed by atoms with E-state index in [2.05, 4.69) is 55.2 Å². The monoisotopic (exact) mass is 423 g/mol. The van der Waals surface area contributed by atoms with Crippen LogP contribution in [-0.2, 0) is 14.9 Å². The zero-order chi connectivity index (χ0) is 21.7. The van der Waals surface area contributed by atoms with Crippen LogP contribution >= 0.6 is 11.8 Å². The summed E-state index contributed by atoms with van der Waals surface area (Å²) in [6, 6.07) is 18.4. The van der Waals surface area contributed by atoms with Gasteiger partial charge in [0.1, 0.15) is 5.25 Å². The number of ether oxygens (including phenoxy) is 1. The summed E-state index contributed by atoms with van der Waals surface area (Å²) in [6.07, 6.45) is 0.654. The van der Waals surface area contributed by atoms with Crippen LogP contribution in [0.3, 0.4) is 0 Å². The second-order valence-corrected chi connectivity index (χ2v) is 9.24. The Bertz CT molecular complexity index is 976. The number of hydrogen-bond acceptors (Lipinski definition) is 5. The van der Waals surface area contributed by atoms with Gasteiger partial charge in [0.15, 0.2) is 11.0 Å². The van der Waals surface area contributed by atoms with Crippen molar-refractivity contribution in [1.82, 2.24) is 14.8 Å². The Morgan fingerprint density at radius 2 is 1.70 bits per heavy atom. The van der Waals surface area contributed by atoms with Crippen molar-refractivity contribution in [3.05, 3.63) is 60.2 Å². The van der Waals surface area contributed by atoms with Gasteiger partial charge in [-0.05, 0) is 36.5 Å². The van der Waals surface area contributed by atoms with Crippen molar-refractivity contribution in [2.24, 2.45) is 0 Å². The molecular weight excluding hydrogens is 394 g/mol. The summed E-state index contributed by atoms with van der Waals surface area (Å²) < 4.78 is 7.24. The zero-order valence-electron chi connectivity index (χ0n) is 18.3. The zero-order valence-corrected chi connectivity index (χ0v) is 19.1. The van der Waals surface area contributed by atoms with Crippen LogP contribution in [0.5, 0.6) is 0 Å². The maximum atomic E-state index is 12.3.